The van der Waals surface area contributed by atoms with E-state index < -0.39 is 15.8 Å². The topological polar surface area (TPSA) is 81.4 Å². The van der Waals surface area contributed by atoms with Gasteiger partial charge in [0.2, 0.25) is 10.0 Å². The van der Waals surface area contributed by atoms with E-state index in [1.165, 1.54) is 13.0 Å². The van der Waals surface area contributed by atoms with Gasteiger partial charge in [-0.05, 0) is 32.9 Å². The van der Waals surface area contributed by atoms with E-state index in [2.05, 4.69) is 4.72 Å². The average molecular weight is 290 g/mol. The molecule has 0 saturated heterocycles. The number of nitrogens with two attached hydrogens (primary N) is 1. The van der Waals surface area contributed by atoms with Crippen LogP contribution in [0.4, 0.5) is 10.1 Å². The molecule has 0 aliphatic rings. The zero-order valence-corrected chi connectivity index (χ0v) is 12.1. The third-order valence-electron chi connectivity index (χ3n) is 2.45. The van der Waals surface area contributed by atoms with Crippen molar-refractivity contribution in [2.75, 3.05) is 18.9 Å². The van der Waals surface area contributed by atoms with Gasteiger partial charge in [-0.25, -0.2) is 17.5 Å². The van der Waals surface area contributed by atoms with Gasteiger partial charge < -0.3 is 10.5 Å². The van der Waals surface area contributed by atoms with Gasteiger partial charge in [-0.3, -0.25) is 0 Å². The standard InChI is InChI=1S/C12H19FN2O3S/c1-8(2)18-5-4-15-19(16,17)12-7-10(14)6-11(13)9(12)3/h6-8,15H,4-5,14H2,1-3H3. The molecule has 3 N–H and O–H groups in total. The second kappa shape index (κ2) is 6.31. The second-order valence-electron chi connectivity index (χ2n) is 4.44. The highest BCUT2D eigenvalue weighted by Gasteiger charge is 2.19. The van der Waals surface area contributed by atoms with Crippen molar-refractivity contribution in [2.45, 2.75) is 31.8 Å². The Morgan fingerprint density at radius 2 is 2.05 bits per heavy atom. The fraction of sp³-hybridized carbons (Fsp3) is 0.500. The lowest BCUT2D eigenvalue weighted by molar-refractivity contribution is 0.0834. The molecular formula is C12H19FN2O3S. The first kappa shape index (κ1) is 15.9. The largest absolute Gasteiger partial charge is 0.399 e. The number of nitrogens with one attached hydrogen (secondary N) is 1. The van der Waals surface area contributed by atoms with Crippen molar-refractivity contribution >= 4 is 15.7 Å². The van der Waals surface area contributed by atoms with E-state index in [1.807, 2.05) is 13.8 Å². The first-order chi connectivity index (χ1) is 8.74. The van der Waals surface area contributed by atoms with E-state index in [0.29, 0.717) is 0 Å². The Morgan fingerprint density at radius 3 is 2.63 bits per heavy atom. The van der Waals surface area contributed by atoms with Gasteiger partial charge in [0.1, 0.15) is 5.82 Å². The molecule has 1 aromatic rings. The molecule has 0 radical (unpaired) electrons. The summed E-state index contributed by atoms with van der Waals surface area (Å²) >= 11 is 0. The van der Waals surface area contributed by atoms with Crippen molar-refractivity contribution in [1.82, 2.24) is 4.72 Å². The van der Waals surface area contributed by atoms with Crippen LogP contribution in [-0.4, -0.2) is 27.7 Å². The molecule has 19 heavy (non-hydrogen) atoms. The predicted molar refractivity (Wildman–Crippen MR) is 71.8 cm³/mol. The zero-order valence-electron chi connectivity index (χ0n) is 11.2. The number of ether oxygens (including phenoxy) is 1. The summed E-state index contributed by atoms with van der Waals surface area (Å²) in [5, 5.41) is 0. The van der Waals surface area contributed by atoms with Crippen molar-refractivity contribution in [1.29, 1.82) is 0 Å². The number of nitrogen functional groups attached to an aromatic ring is 1. The molecule has 0 aromatic heterocycles. The SMILES string of the molecule is Cc1c(F)cc(N)cc1S(=O)(=O)NCCOC(C)C. The normalized spacial score (nSPS) is 12.1. The summed E-state index contributed by atoms with van der Waals surface area (Å²) in [5.74, 6) is -0.640. The summed E-state index contributed by atoms with van der Waals surface area (Å²) in [7, 11) is -3.78. The van der Waals surface area contributed by atoms with Crippen LogP contribution in [0.2, 0.25) is 0 Å². The number of halogens is 1. The fourth-order valence-electron chi connectivity index (χ4n) is 1.50. The van der Waals surface area contributed by atoms with Gasteiger partial charge in [0, 0.05) is 17.8 Å². The summed E-state index contributed by atoms with van der Waals surface area (Å²) in [4.78, 5) is -0.144. The summed E-state index contributed by atoms with van der Waals surface area (Å²) in [6.45, 7) is 5.48. The monoisotopic (exact) mass is 290 g/mol. The van der Waals surface area contributed by atoms with E-state index in [4.69, 9.17) is 10.5 Å². The average Bonchev–Trinajstić information content (AvgIpc) is 2.29. The molecule has 0 atom stereocenters. The van der Waals surface area contributed by atoms with Crippen LogP contribution in [0.3, 0.4) is 0 Å². The van der Waals surface area contributed by atoms with Gasteiger partial charge in [-0.1, -0.05) is 0 Å². The Labute approximate surface area is 113 Å². The predicted octanol–water partition coefficient (Wildman–Crippen LogP) is 1.42. The lowest BCUT2D eigenvalue weighted by Crippen LogP contribution is -2.29. The van der Waals surface area contributed by atoms with Crippen LogP contribution in [0, 0.1) is 12.7 Å². The molecule has 108 valence electrons. The Hall–Kier alpha value is -1.18. The van der Waals surface area contributed by atoms with E-state index >= 15 is 0 Å². The zero-order chi connectivity index (χ0) is 14.6. The third-order valence-corrected chi connectivity index (χ3v) is 4.04. The highest BCUT2D eigenvalue weighted by molar-refractivity contribution is 7.89. The van der Waals surface area contributed by atoms with Gasteiger partial charge >= 0.3 is 0 Å². The Balaban J connectivity index is 2.83. The molecule has 5 nitrogen and oxygen atoms in total. The van der Waals surface area contributed by atoms with Gasteiger partial charge in [0.05, 0.1) is 17.6 Å². The summed E-state index contributed by atoms with van der Waals surface area (Å²) in [6, 6.07) is 2.33. The van der Waals surface area contributed by atoms with Crippen LogP contribution in [0.5, 0.6) is 0 Å². The van der Waals surface area contributed by atoms with Crippen molar-refractivity contribution < 1.29 is 17.5 Å². The minimum absolute atomic E-state index is 0.0241. The van der Waals surface area contributed by atoms with Gasteiger partial charge in [0.15, 0.2) is 0 Å². The number of rotatable bonds is 6. The minimum Gasteiger partial charge on any atom is -0.399 e. The summed E-state index contributed by atoms with van der Waals surface area (Å²) in [5.41, 5.74) is 5.58. The fourth-order valence-corrected chi connectivity index (χ4v) is 2.80. The molecular weight excluding hydrogens is 271 g/mol. The van der Waals surface area contributed by atoms with Crippen LogP contribution in [0.25, 0.3) is 0 Å². The highest BCUT2D eigenvalue weighted by Crippen LogP contribution is 2.21. The molecule has 0 amide bonds. The van der Waals surface area contributed by atoms with Crippen LogP contribution >= 0.6 is 0 Å². The lowest BCUT2D eigenvalue weighted by atomic mass is 10.2. The van der Waals surface area contributed by atoms with E-state index in [0.717, 1.165) is 6.07 Å². The van der Waals surface area contributed by atoms with Crippen LogP contribution in [0.15, 0.2) is 17.0 Å². The number of hydrogen-bond acceptors (Lipinski definition) is 4. The lowest BCUT2D eigenvalue weighted by Gasteiger charge is -2.12. The smallest absolute Gasteiger partial charge is 0.241 e. The summed E-state index contributed by atoms with van der Waals surface area (Å²) in [6.07, 6.45) is 0.0241. The number of hydrogen-bond donors (Lipinski definition) is 2. The van der Waals surface area contributed by atoms with Crippen LogP contribution in [0.1, 0.15) is 19.4 Å². The van der Waals surface area contributed by atoms with Gasteiger partial charge in [0.25, 0.3) is 0 Å². The minimum atomic E-state index is -3.78. The molecule has 0 heterocycles. The number of anilines is 1. The first-order valence-electron chi connectivity index (χ1n) is 5.91. The summed E-state index contributed by atoms with van der Waals surface area (Å²) < 4.78 is 45.1. The van der Waals surface area contributed by atoms with Crippen molar-refractivity contribution in [3.63, 3.8) is 0 Å². The van der Waals surface area contributed by atoms with Crippen LogP contribution < -0.4 is 10.5 Å². The van der Waals surface area contributed by atoms with Gasteiger partial charge in [-0.15, -0.1) is 0 Å². The molecule has 1 aromatic carbocycles. The molecule has 1 rings (SSSR count). The maximum absolute atomic E-state index is 13.5. The van der Waals surface area contributed by atoms with Crippen molar-refractivity contribution in [3.05, 3.63) is 23.5 Å². The highest BCUT2D eigenvalue weighted by atomic mass is 32.2. The van der Waals surface area contributed by atoms with E-state index in [9.17, 15) is 12.8 Å². The Morgan fingerprint density at radius 1 is 1.42 bits per heavy atom. The Bertz CT molecular complexity index is 544. The molecule has 0 saturated carbocycles. The van der Waals surface area contributed by atoms with E-state index in [1.54, 1.807) is 0 Å². The third kappa shape index (κ3) is 4.45. The molecule has 0 spiro atoms. The second-order valence-corrected chi connectivity index (χ2v) is 6.18. The van der Waals surface area contributed by atoms with Crippen LogP contribution in [-0.2, 0) is 14.8 Å². The van der Waals surface area contributed by atoms with E-state index in [-0.39, 0.29) is 35.4 Å². The van der Waals surface area contributed by atoms with Crippen molar-refractivity contribution in [2.24, 2.45) is 0 Å². The first-order valence-corrected chi connectivity index (χ1v) is 7.39. The molecule has 0 fully saturated rings. The molecule has 0 bridgehead atoms. The molecule has 0 aliphatic carbocycles. The van der Waals surface area contributed by atoms with Gasteiger partial charge in [-0.2, -0.15) is 0 Å². The molecule has 0 unspecified atom stereocenters. The number of benzene rings is 1. The number of sulfonamides is 1. The maximum Gasteiger partial charge on any atom is 0.241 e. The Kier molecular flexibility index (Phi) is 5.28. The molecule has 7 heteroatoms. The molecule has 0 aliphatic heterocycles. The van der Waals surface area contributed by atoms with Crippen molar-refractivity contribution in [3.8, 4) is 0 Å². The quantitative estimate of drug-likeness (QED) is 0.613. The maximum atomic E-state index is 13.5.